The molecule has 1 heterocycles. The van der Waals surface area contributed by atoms with Crippen LogP contribution in [0.5, 0.6) is 0 Å². The van der Waals surface area contributed by atoms with E-state index in [4.69, 9.17) is 11.6 Å². The third-order valence-corrected chi connectivity index (χ3v) is 3.15. The van der Waals surface area contributed by atoms with Gasteiger partial charge in [-0.1, -0.05) is 24.3 Å². The molecule has 4 heteroatoms. The largest absolute Gasteiger partial charge is 0.309 e. The maximum absolute atomic E-state index is 5.75. The normalized spacial score (nSPS) is 10.8. The zero-order chi connectivity index (χ0) is 12.8. The summed E-state index contributed by atoms with van der Waals surface area (Å²) in [6.45, 7) is 4.71. The summed E-state index contributed by atoms with van der Waals surface area (Å²) < 4.78 is 1.94. The first-order valence-electron chi connectivity index (χ1n) is 6.17. The van der Waals surface area contributed by atoms with E-state index in [1.807, 2.05) is 10.9 Å². The molecular formula is C14H18ClN3. The van der Waals surface area contributed by atoms with Crippen LogP contribution in [0.25, 0.3) is 0 Å². The Kier molecular flexibility index (Phi) is 4.79. The Labute approximate surface area is 113 Å². The molecule has 1 aromatic heterocycles. The molecule has 0 aliphatic heterocycles. The van der Waals surface area contributed by atoms with Gasteiger partial charge in [0.25, 0.3) is 0 Å². The highest BCUT2D eigenvalue weighted by atomic mass is 35.5. The van der Waals surface area contributed by atoms with E-state index in [0.717, 1.165) is 25.2 Å². The number of halogens is 1. The van der Waals surface area contributed by atoms with Crippen molar-refractivity contribution in [3.8, 4) is 0 Å². The number of aromatic nitrogens is 2. The summed E-state index contributed by atoms with van der Waals surface area (Å²) in [5.41, 5.74) is 3.64. The summed E-state index contributed by atoms with van der Waals surface area (Å²) in [6.07, 6.45) is 3.98. The number of nitrogens with zero attached hydrogens (tertiary/aromatic N) is 2. The van der Waals surface area contributed by atoms with Gasteiger partial charge in [0, 0.05) is 37.3 Å². The van der Waals surface area contributed by atoms with Crippen LogP contribution < -0.4 is 5.32 Å². The highest BCUT2D eigenvalue weighted by Gasteiger charge is 1.98. The number of aryl methyl sites for hydroxylation is 1. The van der Waals surface area contributed by atoms with Gasteiger partial charge in [0.1, 0.15) is 0 Å². The Hall–Kier alpha value is -1.32. The lowest BCUT2D eigenvalue weighted by molar-refractivity contribution is 0.655. The van der Waals surface area contributed by atoms with Gasteiger partial charge in [-0.05, 0) is 18.1 Å². The van der Waals surface area contributed by atoms with E-state index in [0.29, 0.717) is 5.88 Å². The third-order valence-electron chi connectivity index (χ3n) is 2.85. The zero-order valence-corrected chi connectivity index (χ0v) is 11.3. The highest BCUT2D eigenvalue weighted by Crippen LogP contribution is 2.07. The molecule has 2 rings (SSSR count). The molecule has 0 spiro atoms. The van der Waals surface area contributed by atoms with Gasteiger partial charge < -0.3 is 5.32 Å². The van der Waals surface area contributed by atoms with Crippen molar-refractivity contribution in [2.75, 3.05) is 0 Å². The maximum atomic E-state index is 5.75. The molecule has 0 radical (unpaired) electrons. The third kappa shape index (κ3) is 3.59. The Morgan fingerprint density at radius 1 is 1.11 bits per heavy atom. The van der Waals surface area contributed by atoms with E-state index in [1.54, 1.807) is 0 Å². The average molecular weight is 264 g/mol. The molecule has 0 bridgehead atoms. The van der Waals surface area contributed by atoms with Crippen LogP contribution in [-0.4, -0.2) is 9.78 Å². The zero-order valence-electron chi connectivity index (χ0n) is 10.6. The second-order valence-corrected chi connectivity index (χ2v) is 4.53. The standard InChI is InChI=1S/C14H18ClN3/c1-2-18-11-14(10-17-18)9-16-8-13-5-3-12(7-15)4-6-13/h3-6,10-11,16H,2,7-9H2,1H3. The molecule has 1 N–H and O–H groups in total. The van der Waals surface area contributed by atoms with Crippen molar-refractivity contribution in [3.63, 3.8) is 0 Å². The van der Waals surface area contributed by atoms with E-state index in [2.05, 4.69) is 47.8 Å². The van der Waals surface area contributed by atoms with E-state index < -0.39 is 0 Å². The Bertz CT molecular complexity index is 476. The van der Waals surface area contributed by atoms with Crippen molar-refractivity contribution < 1.29 is 0 Å². The smallest absolute Gasteiger partial charge is 0.0534 e. The fourth-order valence-corrected chi connectivity index (χ4v) is 1.95. The lowest BCUT2D eigenvalue weighted by Gasteiger charge is -2.04. The Morgan fingerprint density at radius 3 is 2.39 bits per heavy atom. The summed E-state index contributed by atoms with van der Waals surface area (Å²) in [6, 6.07) is 8.36. The summed E-state index contributed by atoms with van der Waals surface area (Å²) in [5, 5.41) is 7.65. The van der Waals surface area contributed by atoms with Crippen LogP contribution in [-0.2, 0) is 25.5 Å². The van der Waals surface area contributed by atoms with E-state index in [-0.39, 0.29) is 0 Å². The molecule has 96 valence electrons. The highest BCUT2D eigenvalue weighted by molar-refractivity contribution is 6.17. The number of hydrogen-bond acceptors (Lipinski definition) is 2. The van der Waals surface area contributed by atoms with Gasteiger partial charge >= 0.3 is 0 Å². The molecule has 0 amide bonds. The lowest BCUT2D eigenvalue weighted by atomic mass is 10.1. The number of rotatable bonds is 6. The van der Waals surface area contributed by atoms with E-state index in [9.17, 15) is 0 Å². The van der Waals surface area contributed by atoms with Crippen molar-refractivity contribution in [2.24, 2.45) is 0 Å². The summed E-state index contributed by atoms with van der Waals surface area (Å²) in [7, 11) is 0. The van der Waals surface area contributed by atoms with Gasteiger partial charge in [-0.3, -0.25) is 4.68 Å². The minimum absolute atomic E-state index is 0.573. The van der Waals surface area contributed by atoms with E-state index >= 15 is 0 Å². The molecule has 1 aromatic carbocycles. The molecule has 18 heavy (non-hydrogen) atoms. The summed E-state index contributed by atoms with van der Waals surface area (Å²) in [4.78, 5) is 0. The Balaban J connectivity index is 1.80. The van der Waals surface area contributed by atoms with Crippen molar-refractivity contribution in [1.29, 1.82) is 0 Å². The van der Waals surface area contributed by atoms with Crippen LogP contribution in [0.4, 0.5) is 0 Å². The van der Waals surface area contributed by atoms with Crippen molar-refractivity contribution in [3.05, 3.63) is 53.3 Å². The van der Waals surface area contributed by atoms with Crippen LogP contribution in [0, 0.1) is 0 Å². The van der Waals surface area contributed by atoms with E-state index in [1.165, 1.54) is 11.1 Å². The Morgan fingerprint density at radius 2 is 1.78 bits per heavy atom. The molecule has 0 aliphatic carbocycles. The minimum atomic E-state index is 0.573. The monoisotopic (exact) mass is 263 g/mol. The van der Waals surface area contributed by atoms with Crippen LogP contribution in [0.3, 0.4) is 0 Å². The topological polar surface area (TPSA) is 29.9 Å². The first kappa shape index (κ1) is 13.1. The van der Waals surface area contributed by atoms with Gasteiger partial charge in [0.15, 0.2) is 0 Å². The molecular weight excluding hydrogens is 246 g/mol. The molecule has 0 saturated heterocycles. The van der Waals surface area contributed by atoms with Gasteiger partial charge in [0.2, 0.25) is 0 Å². The molecule has 0 saturated carbocycles. The predicted molar refractivity (Wildman–Crippen MR) is 74.4 cm³/mol. The fraction of sp³-hybridized carbons (Fsp3) is 0.357. The van der Waals surface area contributed by atoms with Gasteiger partial charge in [-0.2, -0.15) is 5.10 Å². The van der Waals surface area contributed by atoms with Crippen LogP contribution >= 0.6 is 11.6 Å². The number of benzene rings is 1. The molecule has 0 atom stereocenters. The molecule has 0 fully saturated rings. The van der Waals surface area contributed by atoms with Crippen LogP contribution in [0.1, 0.15) is 23.6 Å². The maximum Gasteiger partial charge on any atom is 0.0534 e. The van der Waals surface area contributed by atoms with Crippen molar-refractivity contribution in [2.45, 2.75) is 32.4 Å². The van der Waals surface area contributed by atoms with Gasteiger partial charge in [-0.15, -0.1) is 11.6 Å². The average Bonchev–Trinajstić information content (AvgIpc) is 2.87. The van der Waals surface area contributed by atoms with Crippen LogP contribution in [0.2, 0.25) is 0 Å². The van der Waals surface area contributed by atoms with Gasteiger partial charge in [-0.25, -0.2) is 0 Å². The number of nitrogens with one attached hydrogen (secondary N) is 1. The van der Waals surface area contributed by atoms with Gasteiger partial charge in [0.05, 0.1) is 6.20 Å². The lowest BCUT2D eigenvalue weighted by Crippen LogP contribution is -2.12. The SMILES string of the molecule is CCn1cc(CNCc2ccc(CCl)cc2)cn1. The second-order valence-electron chi connectivity index (χ2n) is 4.26. The molecule has 2 aromatic rings. The predicted octanol–water partition coefficient (Wildman–Crippen LogP) is 2.93. The first-order valence-corrected chi connectivity index (χ1v) is 6.71. The molecule has 0 aliphatic rings. The molecule has 0 unspecified atom stereocenters. The summed E-state index contributed by atoms with van der Waals surface area (Å²) >= 11 is 5.75. The first-order chi connectivity index (χ1) is 8.81. The number of hydrogen-bond donors (Lipinski definition) is 1. The molecule has 3 nitrogen and oxygen atoms in total. The quantitative estimate of drug-likeness (QED) is 0.812. The second kappa shape index (κ2) is 6.57. The van der Waals surface area contributed by atoms with Crippen molar-refractivity contribution in [1.82, 2.24) is 15.1 Å². The summed E-state index contributed by atoms with van der Waals surface area (Å²) in [5.74, 6) is 0.573. The van der Waals surface area contributed by atoms with Crippen molar-refractivity contribution >= 4 is 11.6 Å². The fourth-order valence-electron chi connectivity index (χ4n) is 1.77. The minimum Gasteiger partial charge on any atom is -0.309 e. The van der Waals surface area contributed by atoms with Crippen LogP contribution in [0.15, 0.2) is 36.7 Å². The number of alkyl halides is 1.